The monoisotopic (exact) mass is 427 g/mol. The van der Waals surface area contributed by atoms with Gasteiger partial charge < -0.3 is 15.2 Å². The second-order valence-corrected chi connectivity index (χ2v) is 8.29. The van der Waals surface area contributed by atoms with Gasteiger partial charge in [-0.2, -0.15) is 4.98 Å². The van der Waals surface area contributed by atoms with Crippen LogP contribution in [0, 0.1) is 0 Å². The highest BCUT2D eigenvalue weighted by molar-refractivity contribution is 5.74. The van der Waals surface area contributed by atoms with Gasteiger partial charge in [-0.25, -0.2) is 4.79 Å². The lowest BCUT2D eigenvalue weighted by Crippen LogP contribution is -2.44. The van der Waals surface area contributed by atoms with Crippen LogP contribution in [0.2, 0.25) is 0 Å². The van der Waals surface area contributed by atoms with E-state index in [4.69, 9.17) is 10.7 Å². The Morgan fingerprint density at radius 3 is 2.74 bits per heavy atom. The zero-order chi connectivity index (χ0) is 22.1. The lowest BCUT2D eigenvalue weighted by atomic mass is 10.1. The fourth-order valence-corrected chi connectivity index (χ4v) is 3.99. The van der Waals surface area contributed by atoms with E-state index in [1.165, 1.54) is 9.13 Å². The van der Waals surface area contributed by atoms with Crippen LogP contribution in [-0.4, -0.2) is 52.8 Å². The van der Waals surface area contributed by atoms with Crippen LogP contribution in [0.4, 0.5) is 5.95 Å². The van der Waals surface area contributed by atoms with Crippen molar-refractivity contribution in [2.75, 3.05) is 18.0 Å². The van der Waals surface area contributed by atoms with Gasteiger partial charge in [-0.3, -0.25) is 18.6 Å². The third-order valence-electron chi connectivity index (χ3n) is 5.66. The molecule has 1 saturated heterocycles. The lowest BCUT2D eigenvalue weighted by Gasteiger charge is -2.31. The summed E-state index contributed by atoms with van der Waals surface area (Å²) >= 11 is 0. The van der Waals surface area contributed by atoms with Crippen molar-refractivity contribution in [2.24, 2.45) is 12.8 Å². The number of hydrogen-bond donors (Lipinski definition) is 1. The van der Waals surface area contributed by atoms with Crippen molar-refractivity contribution in [3.8, 4) is 0 Å². The predicted octanol–water partition coefficient (Wildman–Crippen LogP) is 0.0821. The van der Waals surface area contributed by atoms with Gasteiger partial charge in [0.05, 0.1) is 19.3 Å². The van der Waals surface area contributed by atoms with Gasteiger partial charge in [-0.15, -0.1) is 5.10 Å². The Morgan fingerprint density at radius 2 is 2.06 bits per heavy atom. The average molecular weight is 428 g/mol. The lowest BCUT2D eigenvalue weighted by molar-refractivity contribution is 0.489. The smallest absolute Gasteiger partial charge is 0.332 e. The van der Waals surface area contributed by atoms with Crippen LogP contribution in [0.1, 0.15) is 26.7 Å². The summed E-state index contributed by atoms with van der Waals surface area (Å²) in [5.74, 6) is 0.684. The van der Waals surface area contributed by atoms with Gasteiger partial charge in [-0.05, 0) is 26.7 Å². The molecule has 0 saturated carbocycles. The van der Waals surface area contributed by atoms with Crippen LogP contribution in [0.5, 0.6) is 0 Å². The van der Waals surface area contributed by atoms with Gasteiger partial charge in [0.1, 0.15) is 0 Å². The number of anilines is 1. The van der Waals surface area contributed by atoms with Crippen LogP contribution < -0.4 is 21.9 Å². The van der Waals surface area contributed by atoms with E-state index in [1.807, 2.05) is 18.4 Å². The highest BCUT2D eigenvalue weighted by Gasteiger charge is 2.26. The Labute approximate surface area is 179 Å². The minimum atomic E-state index is -0.397. The van der Waals surface area contributed by atoms with Crippen molar-refractivity contribution >= 4 is 17.1 Å². The van der Waals surface area contributed by atoms with E-state index in [-0.39, 0.29) is 18.1 Å². The molecule has 0 radical (unpaired) electrons. The van der Waals surface area contributed by atoms with E-state index in [1.54, 1.807) is 24.1 Å². The molecule has 1 aliphatic heterocycles. The number of nitrogens with two attached hydrogens (primary N) is 1. The summed E-state index contributed by atoms with van der Waals surface area (Å²) in [6.45, 7) is 6.59. The number of aromatic nitrogens is 7. The molecule has 1 aliphatic rings. The maximum Gasteiger partial charge on any atom is 0.332 e. The Hall–Kier alpha value is -3.21. The third kappa shape index (κ3) is 4.05. The first-order valence-electron chi connectivity index (χ1n) is 10.5. The molecular weight excluding hydrogens is 398 g/mol. The molecule has 4 rings (SSSR count). The van der Waals surface area contributed by atoms with Crippen molar-refractivity contribution in [1.82, 2.24) is 33.7 Å². The zero-order valence-corrected chi connectivity index (χ0v) is 18.2. The van der Waals surface area contributed by atoms with E-state index in [9.17, 15) is 9.59 Å². The molecule has 0 spiro atoms. The van der Waals surface area contributed by atoms with Crippen LogP contribution >= 0.6 is 0 Å². The fourth-order valence-electron chi connectivity index (χ4n) is 3.99. The average Bonchev–Trinajstić information content (AvgIpc) is 3.38. The molecule has 1 atom stereocenters. The number of piperidine rings is 1. The minimum Gasteiger partial charge on any atom is -0.341 e. The van der Waals surface area contributed by atoms with Crippen LogP contribution in [0.25, 0.3) is 11.2 Å². The van der Waals surface area contributed by atoms with E-state index in [0.717, 1.165) is 25.0 Å². The molecule has 0 aromatic carbocycles. The number of allylic oxidation sites excluding steroid dienone is 2. The van der Waals surface area contributed by atoms with Crippen molar-refractivity contribution in [3.05, 3.63) is 44.9 Å². The maximum atomic E-state index is 13.5. The minimum absolute atomic E-state index is 0.0635. The highest BCUT2D eigenvalue weighted by atomic mass is 16.2. The Kier molecular flexibility index (Phi) is 5.77. The van der Waals surface area contributed by atoms with Gasteiger partial charge in [-0.1, -0.05) is 16.9 Å². The highest BCUT2D eigenvalue weighted by Crippen LogP contribution is 2.23. The summed E-state index contributed by atoms with van der Waals surface area (Å²) in [7, 11) is 1.65. The molecule has 2 N–H and O–H groups in total. The molecule has 3 aromatic rings. The number of hydrogen-bond acceptors (Lipinski definition) is 7. The molecule has 4 heterocycles. The Bertz CT molecular complexity index is 1210. The summed E-state index contributed by atoms with van der Waals surface area (Å²) in [5.41, 5.74) is 7.41. The number of rotatable bonds is 6. The third-order valence-corrected chi connectivity index (χ3v) is 5.66. The first kappa shape index (κ1) is 21.0. The van der Waals surface area contributed by atoms with Crippen molar-refractivity contribution in [1.29, 1.82) is 0 Å². The molecule has 166 valence electrons. The molecule has 1 fully saturated rings. The number of fused-ring (bicyclic) bond motifs is 1. The van der Waals surface area contributed by atoms with E-state index in [0.29, 0.717) is 36.7 Å². The molecular formula is C20H29N9O2. The molecule has 3 aromatic heterocycles. The molecule has 0 amide bonds. The molecule has 1 unspecified atom stereocenters. The molecule has 31 heavy (non-hydrogen) atoms. The summed E-state index contributed by atoms with van der Waals surface area (Å²) in [4.78, 5) is 33.3. The van der Waals surface area contributed by atoms with Crippen molar-refractivity contribution in [3.63, 3.8) is 0 Å². The number of aryl methyl sites for hydroxylation is 2. The molecule has 11 nitrogen and oxygen atoms in total. The van der Waals surface area contributed by atoms with E-state index >= 15 is 0 Å². The standard InChI is InChI=1S/C20H29N9O2/c1-14(2)6-9-28-16-17(23-19(28)26-8-4-5-15(21)13-26)25(3)20(31)29(18(16)30)12-11-27-10-7-22-24-27/h6-7,10,15H,4-5,8-9,11-13,21H2,1-3H3. The summed E-state index contributed by atoms with van der Waals surface area (Å²) in [5, 5.41) is 7.68. The summed E-state index contributed by atoms with van der Waals surface area (Å²) in [6, 6.07) is 0.0635. The molecule has 11 heteroatoms. The summed E-state index contributed by atoms with van der Waals surface area (Å²) < 4.78 is 6.20. The quantitative estimate of drug-likeness (QED) is 0.553. The second kappa shape index (κ2) is 8.50. The topological polar surface area (TPSA) is 122 Å². The number of imidazole rings is 1. The Balaban J connectivity index is 1.87. The van der Waals surface area contributed by atoms with Gasteiger partial charge in [0.2, 0.25) is 5.95 Å². The van der Waals surface area contributed by atoms with Crippen LogP contribution in [-0.2, 0) is 26.7 Å². The molecule has 0 aliphatic carbocycles. The first-order valence-corrected chi connectivity index (χ1v) is 10.5. The second-order valence-electron chi connectivity index (χ2n) is 8.29. The zero-order valence-electron chi connectivity index (χ0n) is 18.2. The van der Waals surface area contributed by atoms with Crippen molar-refractivity contribution < 1.29 is 0 Å². The largest absolute Gasteiger partial charge is 0.341 e. The predicted molar refractivity (Wildman–Crippen MR) is 118 cm³/mol. The Morgan fingerprint density at radius 1 is 1.26 bits per heavy atom. The van der Waals surface area contributed by atoms with E-state index in [2.05, 4.69) is 21.3 Å². The van der Waals surface area contributed by atoms with Gasteiger partial charge in [0.15, 0.2) is 11.2 Å². The maximum absolute atomic E-state index is 13.5. The van der Waals surface area contributed by atoms with Crippen LogP contribution in [0.15, 0.2) is 33.6 Å². The van der Waals surface area contributed by atoms with Gasteiger partial charge in [0.25, 0.3) is 5.56 Å². The van der Waals surface area contributed by atoms with E-state index < -0.39 is 5.69 Å². The van der Waals surface area contributed by atoms with Crippen molar-refractivity contribution in [2.45, 2.75) is 52.4 Å². The van der Waals surface area contributed by atoms with Crippen LogP contribution in [0.3, 0.4) is 0 Å². The summed E-state index contributed by atoms with van der Waals surface area (Å²) in [6.07, 6.45) is 7.25. The fraction of sp³-hybridized carbons (Fsp3) is 0.550. The first-order chi connectivity index (χ1) is 14.9. The SMILES string of the molecule is CC(C)=CCn1c(N2CCCC(N)C2)nc2c1c(=O)n(CCn1ccnn1)c(=O)n2C. The number of nitrogens with zero attached hydrogens (tertiary/aromatic N) is 8. The normalized spacial score (nSPS) is 16.8. The molecule has 0 bridgehead atoms. The van der Waals surface area contributed by atoms with Gasteiger partial charge in [0, 0.05) is 38.9 Å². The van der Waals surface area contributed by atoms with Gasteiger partial charge >= 0.3 is 5.69 Å².